The number of halogens is 2. The minimum atomic E-state index is -3.46. The van der Waals surface area contributed by atoms with Gasteiger partial charge in [-0.25, -0.2) is 12.7 Å². The van der Waals surface area contributed by atoms with Gasteiger partial charge in [0.25, 0.3) is 0 Å². The second-order valence-corrected chi connectivity index (χ2v) is 8.18. The van der Waals surface area contributed by atoms with E-state index >= 15 is 0 Å². The van der Waals surface area contributed by atoms with E-state index in [1.165, 1.54) is 18.4 Å². The molecular weight excluding hydrogens is 355 g/mol. The van der Waals surface area contributed by atoms with Crippen LogP contribution in [-0.4, -0.2) is 26.8 Å². The number of rotatable bonds is 6. The molecule has 0 spiro atoms. The molecule has 4 nitrogen and oxygen atoms in total. The lowest BCUT2D eigenvalue weighted by Gasteiger charge is -2.15. The molecular formula is C16H18Cl2N2O2S. The van der Waals surface area contributed by atoms with Gasteiger partial charge in [0.1, 0.15) is 0 Å². The van der Waals surface area contributed by atoms with Crippen LogP contribution in [0, 0.1) is 0 Å². The van der Waals surface area contributed by atoms with Gasteiger partial charge in [-0.15, -0.1) is 0 Å². The molecule has 0 aliphatic heterocycles. The Morgan fingerprint density at radius 2 is 1.70 bits per heavy atom. The van der Waals surface area contributed by atoms with Crippen LogP contribution in [-0.2, 0) is 23.1 Å². The first kappa shape index (κ1) is 18.2. The number of nitrogens with one attached hydrogen (secondary N) is 1. The molecule has 2 rings (SSSR count). The molecule has 124 valence electrons. The van der Waals surface area contributed by atoms with Crippen LogP contribution in [0.25, 0.3) is 0 Å². The Morgan fingerprint density at radius 1 is 1.00 bits per heavy atom. The van der Waals surface area contributed by atoms with Crippen molar-refractivity contribution in [2.75, 3.05) is 14.1 Å². The van der Waals surface area contributed by atoms with Crippen molar-refractivity contribution in [2.45, 2.75) is 18.0 Å². The van der Waals surface area contributed by atoms with E-state index < -0.39 is 10.0 Å². The molecule has 0 bridgehead atoms. The minimum Gasteiger partial charge on any atom is -0.309 e. The van der Waals surface area contributed by atoms with E-state index in [4.69, 9.17) is 23.2 Å². The molecule has 0 amide bonds. The molecule has 0 fully saturated rings. The molecule has 0 heterocycles. The Labute approximate surface area is 147 Å². The smallest absolute Gasteiger partial charge is 0.242 e. The van der Waals surface area contributed by atoms with Crippen LogP contribution in [0.5, 0.6) is 0 Å². The van der Waals surface area contributed by atoms with Gasteiger partial charge in [0.15, 0.2) is 0 Å². The molecule has 0 aliphatic rings. The van der Waals surface area contributed by atoms with E-state index in [1.54, 1.807) is 30.3 Å². The van der Waals surface area contributed by atoms with Gasteiger partial charge >= 0.3 is 0 Å². The highest BCUT2D eigenvalue weighted by Gasteiger charge is 2.20. The summed E-state index contributed by atoms with van der Waals surface area (Å²) in [6, 6.07) is 12.4. The maximum atomic E-state index is 12.3. The Morgan fingerprint density at radius 3 is 2.35 bits per heavy atom. The zero-order chi connectivity index (χ0) is 17.0. The van der Waals surface area contributed by atoms with Gasteiger partial charge < -0.3 is 5.32 Å². The van der Waals surface area contributed by atoms with Gasteiger partial charge in [0, 0.05) is 27.2 Å². The minimum absolute atomic E-state index is 0.312. The van der Waals surface area contributed by atoms with E-state index in [0.717, 1.165) is 11.1 Å². The zero-order valence-corrected chi connectivity index (χ0v) is 15.2. The standard InChI is InChI=1S/C16H18Cl2N2O2S/c1-20(2)23(21,22)16-6-4-3-5-13(16)11-19-10-12-7-8-14(17)15(18)9-12/h3-9,19H,10-11H2,1-2H3. The molecule has 0 saturated carbocycles. The average molecular weight is 373 g/mol. The predicted octanol–water partition coefficient (Wildman–Crippen LogP) is 3.53. The summed E-state index contributed by atoms with van der Waals surface area (Å²) >= 11 is 11.9. The Kier molecular flexibility index (Phi) is 6.06. The summed E-state index contributed by atoms with van der Waals surface area (Å²) in [7, 11) is -0.414. The predicted molar refractivity (Wildman–Crippen MR) is 94.3 cm³/mol. The number of nitrogens with zero attached hydrogens (tertiary/aromatic N) is 1. The molecule has 0 aromatic heterocycles. The van der Waals surface area contributed by atoms with Crippen molar-refractivity contribution in [3.8, 4) is 0 Å². The third-order valence-corrected chi connectivity index (χ3v) is 6.01. The van der Waals surface area contributed by atoms with Gasteiger partial charge in [-0.05, 0) is 29.3 Å². The second-order valence-electron chi connectivity index (χ2n) is 5.25. The van der Waals surface area contributed by atoms with E-state index in [1.807, 2.05) is 12.1 Å². The first-order valence-corrected chi connectivity index (χ1v) is 9.17. The van der Waals surface area contributed by atoms with Crippen molar-refractivity contribution < 1.29 is 8.42 Å². The maximum absolute atomic E-state index is 12.3. The van der Waals surface area contributed by atoms with Gasteiger partial charge in [0.05, 0.1) is 14.9 Å². The van der Waals surface area contributed by atoms with Crippen molar-refractivity contribution in [3.05, 3.63) is 63.6 Å². The molecule has 0 saturated heterocycles. The number of sulfonamides is 1. The van der Waals surface area contributed by atoms with Crippen LogP contribution < -0.4 is 5.32 Å². The summed E-state index contributed by atoms with van der Waals surface area (Å²) in [5, 5.41) is 4.24. The van der Waals surface area contributed by atoms with Gasteiger partial charge in [0.2, 0.25) is 10.0 Å². The topological polar surface area (TPSA) is 49.4 Å². The lowest BCUT2D eigenvalue weighted by molar-refractivity contribution is 0.518. The number of hydrogen-bond acceptors (Lipinski definition) is 3. The molecule has 2 aromatic carbocycles. The molecule has 2 aromatic rings. The Bertz CT molecular complexity index is 792. The maximum Gasteiger partial charge on any atom is 0.242 e. The molecule has 1 N–H and O–H groups in total. The summed E-state index contributed by atoms with van der Waals surface area (Å²) in [5.74, 6) is 0. The SMILES string of the molecule is CN(C)S(=O)(=O)c1ccccc1CNCc1ccc(Cl)c(Cl)c1. The highest BCUT2D eigenvalue weighted by atomic mass is 35.5. The molecule has 0 aliphatic carbocycles. The van der Waals surface area contributed by atoms with Crippen LogP contribution in [0.4, 0.5) is 0 Å². The molecule has 0 unspecified atom stereocenters. The first-order chi connectivity index (χ1) is 10.8. The molecule has 7 heteroatoms. The first-order valence-electron chi connectivity index (χ1n) is 6.97. The normalized spacial score (nSPS) is 11.9. The van der Waals surface area contributed by atoms with E-state index in [9.17, 15) is 8.42 Å². The number of benzene rings is 2. The van der Waals surface area contributed by atoms with Crippen molar-refractivity contribution >= 4 is 33.2 Å². The Hall–Kier alpha value is -1.11. The van der Waals surface area contributed by atoms with Crippen LogP contribution in [0.15, 0.2) is 47.4 Å². The van der Waals surface area contributed by atoms with E-state index in [2.05, 4.69) is 5.32 Å². The lowest BCUT2D eigenvalue weighted by Crippen LogP contribution is -2.24. The fraction of sp³-hybridized carbons (Fsp3) is 0.250. The van der Waals surface area contributed by atoms with Gasteiger partial charge in [-0.2, -0.15) is 0 Å². The molecule has 0 atom stereocenters. The van der Waals surface area contributed by atoms with Crippen molar-refractivity contribution in [2.24, 2.45) is 0 Å². The van der Waals surface area contributed by atoms with Crippen molar-refractivity contribution in [1.82, 2.24) is 9.62 Å². The zero-order valence-electron chi connectivity index (χ0n) is 12.9. The largest absolute Gasteiger partial charge is 0.309 e. The highest BCUT2D eigenvalue weighted by Crippen LogP contribution is 2.23. The summed E-state index contributed by atoms with van der Waals surface area (Å²) in [6.07, 6.45) is 0. The monoisotopic (exact) mass is 372 g/mol. The fourth-order valence-corrected chi connectivity index (χ4v) is 3.53. The molecule has 23 heavy (non-hydrogen) atoms. The average Bonchev–Trinajstić information content (AvgIpc) is 2.51. The van der Waals surface area contributed by atoms with E-state index in [-0.39, 0.29) is 0 Å². The summed E-state index contributed by atoms with van der Waals surface area (Å²) in [6.45, 7) is 0.997. The third-order valence-electron chi connectivity index (χ3n) is 3.36. The second kappa shape index (κ2) is 7.64. The summed E-state index contributed by atoms with van der Waals surface area (Å²) < 4.78 is 25.9. The van der Waals surface area contributed by atoms with Crippen LogP contribution in [0.1, 0.15) is 11.1 Å². The van der Waals surface area contributed by atoms with Crippen LogP contribution in [0.3, 0.4) is 0 Å². The Balaban J connectivity index is 2.11. The van der Waals surface area contributed by atoms with Crippen LogP contribution in [0.2, 0.25) is 10.0 Å². The number of hydrogen-bond donors (Lipinski definition) is 1. The highest BCUT2D eigenvalue weighted by molar-refractivity contribution is 7.89. The quantitative estimate of drug-likeness (QED) is 0.843. The summed E-state index contributed by atoms with van der Waals surface area (Å²) in [4.78, 5) is 0.312. The van der Waals surface area contributed by atoms with Crippen molar-refractivity contribution in [3.63, 3.8) is 0 Å². The summed E-state index contributed by atoms with van der Waals surface area (Å²) in [5.41, 5.74) is 1.70. The van der Waals surface area contributed by atoms with Gasteiger partial charge in [-0.3, -0.25) is 0 Å². The van der Waals surface area contributed by atoms with Crippen LogP contribution >= 0.6 is 23.2 Å². The van der Waals surface area contributed by atoms with E-state index in [0.29, 0.717) is 28.0 Å². The molecule has 0 radical (unpaired) electrons. The third kappa shape index (κ3) is 4.46. The van der Waals surface area contributed by atoms with Gasteiger partial charge in [-0.1, -0.05) is 47.5 Å². The lowest BCUT2D eigenvalue weighted by atomic mass is 10.2. The fourth-order valence-electron chi connectivity index (χ4n) is 2.09. The van der Waals surface area contributed by atoms with Crippen molar-refractivity contribution in [1.29, 1.82) is 0 Å².